The van der Waals surface area contributed by atoms with Gasteiger partial charge in [0.15, 0.2) is 9.84 Å². The maximum Gasteiger partial charge on any atom is 0.214 e. The van der Waals surface area contributed by atoms with Crippen LogP contribution in [-0.4, -0.2) is 24.6 Å². The summed E-state index contributed by atoms with van der Waals surface area (Å²) >= 11 is 0. The number of aryl methyl sites for hydroxylation is 1. The number of sulfone groups is 1. The number of nitrogens with zero attached hydrogens (tertiary/aromatic N) is 2. The largest absolute Gasteiger partial charge is 0.471 e. The molecule has 0 N–H and O–H groups in total. The van der Waals surface area contributed by atoms with Crippen molar-refractivity contribution < 1.29 is 13.2 Å². The van der Waals surface area contributed by atoms with Crippen molar-refractivity contribution in [2.24, 2.45) is 0 Å². The Bertz CT molecular complexity index is 969. The summed E-state index contributed by atoms with van der Waals surface area (Å²) in [7, 11) is -3.21. The van der Waals surface area contributed by atoms with Crippen LogP contribution in [0.5, 0.6) is 5.88 Å². The second-order valence-electron chi connectivity index (χ2n) is 5.77. The highest BCUT2D eigenvalue weighted by Crippen LogP contribution is 2.24. The van der Waals surface area contributed by atoms with Gasteiger partial charge in [0.25, 0.3) is 0 Å². The Morgan fingerprint density at radius 2 is 1.80 bits per heavy atom. The zero-order chi connectivity index (χ0) is 17.9. The summed E-state index contributed by atoms with van der Waals surface area (Å²) in [4.78, 5) is 9.02. The monoisotopic (exact) mass is 354 g/mol. The van der Waals surface area contributed by atoms with Gasteiger partial charge in [0.1, 0.15) is 6.61 Å². The summed E-state index contributed by atoms with van der Waals surface area (Å²) < 4.78 is 28.9. The van der Waals surface area contributed by atoms with Crippen LogP contribution >= 0.6 is 0 Å². The minimum absolute atomic E-state index is 0.288. The van der Waals surface area contributed by atoms with Crippen LogP contribution in [0, 0.1) is 6.92 Å². The van der Waals surface area contributed by atoms with Gasteiger partial charge in [-0.1, -0.05) is 18.2 Å². The van der Waals surface area contributed by atoms with Gasteiger partial charge >= 0.3 is 0 Å². The lowest BCUT2D eigenvalue weighted by Gasteiger charge is -2.09. The van der Waals surface area contributed by atoms with E-state index in [0.717, 1.165) is 22.5 Å². The molecule has 1 aromatic carbocycles. The number of aromatic nitrogens is 2. The van der Waals surface area contributed by atoms with Crippen LogP contribution in [0.2, 0.25) is 0 Å². The quantitative estimate of drug-likeness (QED) is 0.702. The van der Waals surface area contributed by atoms with Crippen LogP contribution in [-0.2, 0) is 16.4 Å². The van der Waals surface area contributed by atoms with Crippen LogP contribution in [0.1, 0.15) is 11.3 Å². The highest BCUT2D eigenvalue weighted by molar-refractivity contribution is 7.90. The van der Waals surface area contributed by atoms with Crippen molar-refractivity contribution in [1.29, 1.82) is 0 Å². The van der Waals surface area contributed by atoms with E-state index in [4.69, 9.17) is 4.74 Å². The highest BCUT2D eigenvalue weighted by atomic mass is 32.2. The molecule has 2 aromatic heterocycles. The second-order valence-corrected chi connectivity index (χ2v) is 7.79. The summed E-state index contributed by atoms with van der Waals surface area (Å²) in [5.74, 6) is 0.507. The Kier molecular flexibility index (Phi) is 4.81. The number of hydrogen-bond acceptors (Lipinski definition) is 5. The van der Waals surface area contributed by atoms with E-state index in [1.807, 2.05) is 37.3 Å². The average molecular weight is 354 g/mol. The van der Waals surface area contributed by atoms with Gasteiger partial charge < -0.3 is 4.74 Å². The number of rotatable bonds is 5. The number of pyridine rings is 2. The molecule has 3 rings (SSSR count). The van der Waals surface area contributed by atoms with Crippen LogP contribution < -0.4 is 4.74 Å². The van der Waals surface area contributed by atoms with E-state index in [0.29, 0.717) is 12.5 Å². The predicted molar refractivity (Wildman–Crippen MR) is 96.1 cm³/mol. The normalized spacial score (nSPS) is 11.3. The Balaban J connectivity index is 1.84. The van der Waals surface area contributed by atoms with E-state index >= 15 is 0 Å². The van der Waals surface area contributed by atoms with Gasteiger partial charge in [-0.05, 0) is 42.8 Å². The van der Waals surface area contributed by atoms with Crippen LogP contribution in [0.3, 0.4) is 0 Å². The summed E-state index contributed by atoms with van der Waals surface area (Å²) in [6.45, 7) is 2.30. The first-order valence-corrected chi connectivity index (χ1v) is 9.63. The lowest BCUT2D eigenvalue weighted by atomic mass is 10.1. The van der Waals surface area contributed by atoms with Gasteiger partial charge in [0.05, 0.1) is 16.3 Å². The van der Waals surface area contributed by atoms with Gasteiger partial charge in [0, 0.05) is 24.1 Å². The molecule has 6 heteroatoms. The van der Waals surface area contributed by atoms with E-state index in [-0.39, 0.29) is 4.90 Å². The molecule has 0 fully saturated rings. The highest BCUT2D eigenvalue weighted by Gasteiger charge is 2.09. The van der Waals surface area contributed by atoms with Gasteiger partial charge in [-0.3, -0.25) is 4.98 Å². The summed E-state index contributed by atoms with van der Waals surface area (Å²) in [5.41, 5.74) is 3.40. The molecule has 3 aromatic rings. The van der Waals surface area contributed by atoms with Crippen molar-refractivity contribution in [1.82, 2.24) is 9.97 Å². The molecule has 0 saturated heterocycles. The minimum atomic E-state index is -3.21. The minimum Gasteiger partial charge on any atom is -0.471 e. The van der Waals surface area contributed by atoms with Gasteiger partial charge in [-0.25, -0.2) is 13.4 Å². The van der Waals surface area contributed by atoms with E-state index in [1.165, 1.54) is 6.26 Å². The van der Waals surface area contributed by atoms with Gasteiger partial charge in [-0.15, -0.1) is 0 Å². The maximum atomic E-state index is 11.6. The molecule has 0 aliphatic rings. The van der Waals surface area contributed by atoms with Crippen molar-refractivity contribution in [3.63, 3.8) is 0 Å². The zero-order valence-electron chi connectivity index (χ0n) is 14.0. The van der Waals surface area contributed by atoms with E-state index in [1.54, 1.807) is 30.5 Å². The lowest BCUT2D eigenvalue weighted by Crippen LogP contribution is -2.00. The van der Waals surface area contributed by atoms with Crippen LogP contribution in [0.25, 0.3) is 11.3 Å². The van der Waals surface area contributed by atoms with E-state index in [9.17, 15) is 8.42 Å². The van der Waals surface area contributed by atoms with E-state index in [2.05, 4.69) is 9.97 Å². The smallest absolute Gasteiger partial charge is 0.214 e. The Labute approximate surface area is 147 Å². The Morgan fingerprint density at radius 3 is 2.44 bits per heavy atom. The molecular weight excluding hydrogens is 336 g/mol. The summed E-state index contributed by atoms with van der Waals surface area (Å²) in [6, 6.07) is 16.1. The third-order valence-corrected chi connectivity index (χ3v) is 4.75. The molecule has 5 nitrogen and oxygen atoms in total. The second kappa shape index (κ2) is 7.03. The van der Waals surface area contributed by atoms with Crippen molar-refractivity contribution in [2.75, 3.05) is 6.26 Å². The first-order chi connectivity index (χ1) is 11.9. The molecule has 0 aliphatic carbocycles. The molecular formula is C19H18N2O3S. The molecule has 0 amide bonds. The molecule has 0 aliphatic heterocycles. The fraction of sp³-hybridized carbons (Fsp3) is 0.158. The molecule has 0 radical (unpaired) electrons. The van der Waals surface area contributed by atoms with Crippen LogP contribution in [0.15, 0.2) is 65.7 Å². The van der Waals surface area contributed by atoms with Crippen molar-refractivity contribution in [2.45, 2.75) is 18.4 Å². The topological polar surface area (TPSA) is 69.2 Å². The van der Waals surface area contributed by atoms with Gasteiger partial charge in [-0.2, -0.15) is 0 Å². The molecule has 0 bridgehead atoms. The molecule has 0 unspecified atom stereocenters. The Morgan fingerprint density at radius 1 is 1.04 bits per heavy atom. The fourth-order valence-corrected chi connectivity index (χ4v) is 2.99. The number of hydrogen-bond donors (Lipinski definition) is 0. The standard InChI is InChI=1S/C19H18N2O3S/c1-14-11-18(15-6-8-17(9-7-15)25(2,22)23)21-19(12-14)24-13-16-5-3-4-10-20-16/h3-12H,13H2,1-2H3. The molecule has 25 heavy (non-hydrogen) atoms. The summed E-state index contributed by atoms with van der Waals surface area (Å²) in [6.07, 6.45) is 2.91. The SMILES string of the molecule is Cc1cc(OCc2ccccn2)nc(-c2ccc(S(C)(=O)=O)cc2)c1. The summed E-state index contributed by atoms with van der Waals surface area (Å²) in [5, 5.41) is 0. The molecule has 0 saturated carbocycles. The number of ether oxygens (including phenoxy) is 1. The number of benzene rings is 1. The van der Waals surface area contributed by atoms with Crippen molar-refractivity contribution in [3.05, 3.63) is 72.1 Å². The third kappa shape index (κ3) is 4.42. The molecule has 0 spiro atoms. The average Bonchev–Trinajstić information content (AvgIpc) is 2.60. The molecule has 2 heterocycles. The maximum absolute atomic E-state index is 11.6. The first-order valence-electron chi connectivity index (χ1n) is 7.74. The Hall–Kier alpha value is -2.73. The predicted octanol–water partition coefficient (Wildman–Crippen LogP) is 3.43. The van der Waals surface area contributed by atoms with Crippen LogP contribution in [0.4, 0.5) is 0 Å². The molecule has 128 valence electrons. The van der Waals surface area contributed by atoms with Crippen molar-refractivity contribution in [3.8, 4) is 17.1 Å². The van der Waals surface area contributed by atoms with Crippen molar-refractivity contribution >= 4 is 9.84 Å². The first kappa shape index (κ1) is 17.1. The van der Waals surface area contributed by atoms with E-state index < -0.39 is 9.84 Å². The molecule has 0 atom stereocenters. The van der Waals surface area contributed by atoms with Gasteiger partial charge in [0.2, 0.25) is 5.88 Å². The lowest BCUT2D eigenvalue weighted by molar-refractivity contribution is 0.289. The third-order valence-electron chi connectivity index (χ3n) is 3.62. The zero-order valence-corrected chi connectivity index (χ0v) is 14.8. The fourth-order valence-electron chi connectivity index (χ4n) is 2.36.